The van der Waals surface area contributed by atoms with Gasteiger partial charge in [-0.25, -0.2) is 13.9 Å². The first kappa shape index (κ1) is 14.4. The number of hydrogen-bond donors (Lipinski definition) is 1. The Bertz CT molecular complexity index is 892. The van der Waals surface area contributed by atoms with Crippen molar-refractivity contribution in [1.82, 2.24) is 19.6 Å². The molecule has 2 heterocycles. The van der Waals surface area contributed by atoms with Crippen molar-refractivity contribution in [2.75, 3.05) is 5.32 Å². The second-order valence-corrected chi connectivity index (χ2v) is 5.20. The fourth-order valence-electron chi connectivity index (χ4n) is 2.03. The van der Waals surface area contributed by atoms with Gasteiger partial charge in [0.15, 0.2) is 0 Å². The maximum atomic E-state index is 13.7. The molecule has 8 heteroatoms. The van der Waals surface area contributed by atoms with Crippen molar-refractivity contribution in [3.63, 3.8) is 0 Å². The summed E-state index contributed by atoms with van der Waals surface area (Å²) in [6.07, 6.45) is 0. The van der Waals surface area contributed by atoms with Gasteiger partial charge < -0.3 is 5.32 Å². The van der Waals surface area contributed by atoms with E-state index in [-0.39, 0.29) is 16.5 Å². The van der Waals surface area contributed by atoms with Gasteiger partial charge in [-0.2, -0.15) is 4.98 Å². The Kier molecular flexibility index (Phi) is 3.50. The van der Waals surface area contributed by atoms with E-state index in [1.807, 2.05) is 19.9 Å². The number of anilines is 1. The number of carbonyl (C=O) groups excluding carboxylic acids is 1. The molecule has 2 aromatic heterocycles. The number of aryl methyl sites for hydroxylation is 2. The predicted molar refractivity (Wildman–Crippen MR) is 79.6 cm³/mol. The van der Waals surface area contributed by atoms with Crippen molar-refractivity contribution in [1.29, 1.82) is 0 Å². The van der Waals surface area contributed by atoms with E-state index in [1.54, 1.807) is 0 Å². The van der Waals surface area contributed by atoms with Gasteiger partial charge in [-0.1, -0.05) is 11.6 Å². The van der Waals surface area contributed by atoms with Crippen LogP contribution in [0.4, 0.5) is 10.1 Å². The highest BCUT2D eigenvalue weighted by Crippen LogP contribution is 2.19. The first-order valence-electron chi connectivity index (χ1n) is 6.41. The van der Waals surface area contributed by atoms with Crippen LogP contribution in [-0.4, -0.2) is 25.5 Å². The maximum Gasteiger partial charge on any atom is 0.295 e. The number of aromatic nitrogens is 4. The summed E-state index contributed by atoms with van der Waals surface area (Å²) >= 11 is 5.67. The summed E-state index contributed by atoms with van der Waals surface area (Å²) in [4.78, 5) is 20.4. The summed E-state index contributed by atoms with van der Waals surface area (Å²) in [5.74, 6) is -1.02. The molecule has 0 fully saturated rings. The highest BCUT2D eigenvalue weighted by Gasteiger charge is 2.16. The molecule has 1 aromatic carbocycles. The van der Waals surface area contributed by atoms with Gasteiger partial charge in [0.2, 0.25) is 5.82 Å². The molecule has 0 aliphatic carbocycles. The molecule has 0 unspecified atom stereocenters. The Morgan fingerprint density at radius 1 is 1.27 bits per heavy atom. The van der Waals surface area contributed by atoms with Crippen LogP contribution < -0.4 is 5.32 Å². The number of nitrogens with one attached hydrogen (secondary N) is 1. The third-order valence-electron chi connectivity index (χ3n) is 3.00. The molecular formula is C14H11ClFN5O. The number of benzene rings is 1. The normalized spacial score (nSPS) is 10.9. The zero-order valence-corrected chi connectivity index (χ0v) is 12.5. The Morgan fingerprint density at radius 2 is 2.05 bits per heavy atom. The third-order valence-corrected chi connectivity index (χ3v) is 3.24. The lowest BCUT2D eigenvalue weighted by atomic mass is 10.3. The van der Waals surface area contributed by atoms with Gasteiger partial charge in [0.1, 0.15) is 5.82 Å². The lowest BCUT2D eigenvalue weighted by Crippen LogP contribution is -2.15. The van der Waals surface area contributed by atoms with Crippen molar-refractivity contribution in [3.8, 4) is 0 Å². The molecule has 0 saturated carbocycles. The fourth-order valence-corrected chi connectivity index (χ4v) is 2.19. The van der Waals surface area contributed by atoms with E-state index in [9.17, 15) is 9.18 Å². The van der Waals surface area contributed by atoms with Crippen LogP contribution in [0.5, 0.6) is 0 Å². The first-order valence-corrected chi connectivity index (χ1v) is 6.79. The second-order valence-electron chi connectivity index (χ2n) is 4.76. The smallest absolute Gasteiger partial charge is 0.295 e. The van der Waals surface area contributed by atoms with E-state index in [4.69, 9.17) is 11.6 Å². The number of amides is 1. The van der Waals surface area contributed by atoms with E-state index in [2.05, 4.69) is 20.4 Å². The SMILES string of the molecule is Cc1cc(C)n2nc(C(=O)Nc3ccc(Cl)cc3F)nc2n1. The average molecular weight is 320 g/mol. The second kappa shape index (κ2) is 5.34. The van der Waals surface area contributed by atoms with E-state index < -0.39 is 11.7 Å². The Labute approximate surface area is 130 Å². The number of halogens is 2. The van der Waals surface area contributed by atoms with E-state index in [0.717, 1.165) is 17.5 Å². The van der Waals surface area contributed by atoms with Crippen LogP contribution in [0, 0.1) is 19.7 Å². The van der Waals surface area contributed by atoms with Gasteiger partial charge >= 0.3 is 0 Å². The molecule has 0 saturated heterocycles. The zero-order chi connectivity index (χ0) is 15.9. The molecule has 0 bridgehead atoms. The predicted octanol–water partition coefficient (Wildman–Crippen LogP) is 2.79. The van der Waals surface area contributed by atoms with Crippen molar-refractivity contribution in [2.24, 2.45) is 0 Å². The van der Waals surface area contributed by atoms with Crippen molar-refractivity contribution >= 4 is 29.0 Å². The molecular weight excluding hydrogens is 309 g/mol. The van der Waals surface area contributed by atoms with Crippen LogP contribution in [-0.2, 0) is 0 Å². The summed E-state index contributed by atoms with van der Waals surface area (Å²) in [5, 5.41) is 6.74. The van der Waals surface area contributed by atoms with Crippen LogP contribution >= 0.6 is 11.6 Å². The third kappa shape index (κ3) is 2.62. The molecule has 3 aromatic rings. The molecule has 22 heavy (non-hydrogen) atoms. The van der Waals surface area contributed by atoms with Crippen molar-refractivity contribution in [3.05, 3.63) is 52.3 Å². The van der Waals surface area contributed by atoms with E-state index in [0.29, 0.717) is 5.78 Å². The molecule has 0 atom stereocenters. The van der Waals surface area contributed by atoms with E-state index >= 15 is 0 Å². The average Bonchev–Trinajstić information content (AvgIpc) is 2.86. The highest BCUT2D eigenvalue weighted by molar-refractivity contribution is 6.30. The Hall–Kier alpha value is -2.54. The quantitative estimate of drug-likeness (QED) is 0.788. The van der Waals surface area contributed by atoms with Gasteiger partial charge in [0, 0.05) is 16.4 Å². The number of nitrogens with zero attached hydrogens (tertiary/aromatic N) is 4. The fraction of sp³-hybridized carbons (Fsp3) is 0.143. The van der Waals surface area contributed by atoms with E-state index in [1.165, 1.54) is 16.6 Å². The highest BCUT2D eigenvalue weighted by atomic mass is 35.5. The molecule has 1 N–H and O–H groups in total. The summed E-state index contributed by atoms with van der Waals surface area (Å²) in [6.45, 7) is 3.65. The van der Waals surface area contributed by atoms with Crippen LogP contribution in [0.3, 0.4) is 0 Å². The van der Waals surface area contributed by atoms with Crippen molar-refractivity contribution in [2.45, 2.75) is 13.8 Å². The molecule has 0 radical (unpaired) electrons. The number of fused-ring (bicyclic) bond motifs is 1. The minimum atomic E-state index is -0.630. The minimum Gasteiger partial charge on any atom is -0.317 e. The van der Waals surface area contributed by atoms with Crippen LogP contribution in [0.25, 0.3) is 5.78 Å². The molecule has 6 nitrogen and oxygen atoms in total. The Morgan fingerprint density at radius 3 is 2.77 bits per heavy atom. The topological polar surface area (TPSA) is 72.2 Å². The van der Waals surface area contributed by atoms with Crippen LogP contribution in [0.15, 0.2) is 24.3 Å². The zero-order valence-electron chi connectivity index (χ0n) is 11.8. The van der Waals surface area contributed by atoms with Gasteiger partial charge in [-0.15, -0.1) is 5.10 Å². The van der Waals surface area contributed by atoms with Crippen LogP contribution in [0.2, 0.25) is 5.02 Å². The molecule has 1 amide bonds. The summed E-state index contributed by atoms with van der Waals surface area (Å²) in [6, 6.07) is 5.79. The monoisotopic (exact) mass is 319 g/mol. The van der Waals surface area contributed by atoms with Crippen LogP contribution in [0.1, 0.15) is 22.0 Å². The summed E-state index contributed by atoms with van der Waals surface area (Å²) < 4.78 is 15.1. The van der Waals surface area contributed by atoms with Gasteiger partial charge in [0.05, 0.1) is 5.69 Å². The van der Waals surface area contributed by atoms with Gasteiger partial charge in [-0.05, 0) is 38.1 Å². The Balaban J connectivity index is 1.93. The minimum absolute atomic E-state index is 0.00844. The first-order chi connectivity index (χ1) is 10.4. The maximum absolute atomic E-state index is 13.7. The van der Waals surface area contributed by atoms with Gasteiger partial charge in [0.25, 0.3) is 11.7 Å². The van der Waals surface area contributed by atoms with Gasteiger partial charge in [-0.3, -0.25) is 4.79 Å². The van der Waals surface area contributed by atoms with Crippen molar-refractivity contribution < 1.29 is 9.18 Å². The summed E-state index contributed by atoms with van der Waals surface area (Å²) in [7, 11) is 0. The largest absolute Gasteiger partial charge is 0.317 e. The standard InChI is InChI=1S/C14H11ClFN5O/c1-7-5-8(2)21-14(17-7)19-12(20-21)13(22)18-11-4-3-9(15)6-10(11)16/h3-6H,1-2H3,(H,18,22). The molecule has 3 rings (SSSR count). The molecule has 0 aliphatic heterocycles. The molecule has 0 aliphatic rings. The number of hydrogen-bond acceptors (Lipinski definition) is 4. The lowest BCUT2D eigenvalue weighted by molar-refractivity contribution is 0.101. The number of rotatable bonds is 2. The number of carbonyl (C=O) groups is 1. The molecule has 112 valence electrons. The summed E-state index contributed by atoms with van der Waals surface area (Å²) in [5.41, 5.74) is 1.58. The lowest BCUT2D eigenvalue weighted by Gasteiger charge is -2.03. The molecule has 0 spiro atoms.